The van der Waals surface area contributed by atoms with Crippen molar-refractivity contribution in [3.8, 4) is 11.5 Å². The van der Waals surface area contributed by atoms with Gasteiger partial charge in [-0.05, 0) is 48.6 Å². The van der Waals surface area contributed by atoms with Crippen LogP contribution in [0.3, 0.4) is 0 Å². The molecular weight excluding hydrogens is 507 g/mol. The minimum atomic E-state index is -0.175. The van der Waals surface area contributed by atoms with Gasteiger partial charge in [0.1, 0.15) is 0 Å². The van der Waals surface area contributed by atoms with Gasteiger partial charge in [-0.15, -0.1) is 24.0 Å². The molecule has 0 saturated carbocycles. The lowest BCUT2D eigenvalue weighted by molar-refractivity contribution is -0.123. The molecule has 2 rings (SSSR count). The third kappa shape index (κ3) is 7.93. The van der Waals surface area contributed by atoms with Crippen molar-refractivity contribution in [3.05, 3.63) is 53.1 Å². The topological polar surface area (TPSA) is 98.0 Å². The van der Waals surface area contributed by atoms with Crippen molar-refractivity contribution in [2.45, 2.75) is 40.2 Å². The molecule has 0 aliphatic rings. The molecule has 0 aliphatic carbocycles. The summed E-state index contributed by atoms with van der Waals surface area (Å²) in [5, 5.41) is 5.95. The number of ether oxygens (including phenoxy) is 2. The van der Waals surface area contributed by atoms with Gasteiger partial charge in [0.2, 0.25) is 0 Å². The fraction of sp³-hybridized carbons (Fsp3) is 0.391. The summed E-state index contributed by atoms with van der Waals surface area (Å²) in [6.45, 7) is 6.99. The summed E-state index contributed by atoms with van der Waals surface area (Å²) in [7, 11) is 1.56. The van der Waals surface area contributed by atoms with Crippen molar-refractivity contribution in [2.75, 3.05) is 25.6 Å². The van der Waals surface area contributed by atoms with Crippen molar-refractivity contribution in [1.82, 2.24) is 5.32 Å². The fourth-order valence-electron chi connectivity index (χ4n) is 3.07. The maximum Gasteiger partial charge on any atom is 0.257 e. The van der Waals surface area contributed by atoms with Crippen LogP contribution in [0.25, 0.3) is 0 Å². The summed E-state index contributed by atoms with van der Waals surface area (Å²) < 4.78 is 10.9. The number of aliphatic imine (C=N–C) groups is 1. The minimum absolute atomic E-state index is 0. The maximum absolute atomic E-state index is 11.6. The molecule has 0 saturated heterocycles. The Balaban J connectivity index is 0.00000480. The normalized spacial score (nSPS) is 10.8. The van der Waals surface area contributed by atoms with Crippen molar-refractivity contribution in [2.24, 2.45) is 10.7 Å². The van der Waals surface area contributed by atoms with Crippen LogP contribution in [0, 0.1) is 0 Å². The quantitative estimate of drug-likeness (QED) is 0.242. The Bertz CT molecular complexity index is 865. The summed E-state index contributed by atoms with van der Waals surface area (Å²) >= 11 is 0. The van der Waals surface area contributed by atoms with Crippen LogP contribution in [0.4, 0.5) is 5.69 Å². The zero-order chi connectivity index (χ0) is 21.9. The molecule has 4 N–H and O–H groups in total. The minimum Gasteiger partial charge on any atom is -0.493 e. The Morgan fingerprint density at radius 1 is 1.06 bits per heavy atom. The van der Waals surface area contributed by atoms with Crippen molar-refractivity contribution < 1.29 is 14.3 Å². The summed E-state index contributed by atoms with van der Waals surface area (Å²) in [5.74, 6) is 1.24. The zero-order valence-electron chi connectivity index (χ0n) is 18.7. The number of hydrogen-bond acceptors (Lipinski definition) is 4. The molecule has 0 unspecified atom stereocenters. The molecule has 0 fully saturated rings. The smallest absolute Gasteiger partial charge is 0.257 e. The molecule has 0 aliphatic heterocycles. The first kappa shape index (κ1) is 26.5. The number of nitrogens with two attached hydrogens (primary N) is 1. The third-order valence-corrected chi connectivity index (χ3v) is 4.64. The molecule has 2 aromatic rings. The molecule has 0 atom stereocenters. The van der Waals surface area contributed by atoms with Crippen LogP contribution in [-0.2, 0) is 24.2 Å². The van der Waals surface area contributed by atoms with Gasteiger partial charge in [0, 0.05) is 12.2 Å². The van der Waals surface area contributed by atoms with E-state index in [1.54, 1.807) is 13.2 Å². The Kier molecular flexibility index (Phi) is 11.8. The molecule has 0 aromatic heterocycles. The molecule has 31 heavy (non-hydrogen) atoms. The first-order chi connectivity index (χ1) is 14.5. The number of nitrogens with one attached hydrogen (secondary N) is 2. The van der Waals surface area contributed by atoms with E-state index in [1.807, 2.05) is 19.1 Å². The van der Waals surface area contributed by atoms with Gasteiger partial charge in [-0.1, -0.05) is 38.1 Å². The number of halogens is 1. The average molecular weight is 540 g/mol. The lowest BCUT2D eigenvalue weighted by atomic mass is 10.0. The fourth-order valence-corrected chi connectivity index (χ4v) is 3.07. The van der Waals surface area contributed by atoms with Crippen molar-refractivity contribution in [3.63, 3.8) is 0 Å². The molecule has 1 amide bonds. The highest BCUT2D eigenvalue weighted by Crippen LogP contribution is 2.28. The van der Waals surface area contributed by atoms with Crippen LogP contribution in [0.2, 0.25) is 0 Å². The second-order valence-corrected chi connectivity index (χ2v) is 6.71. The number of benzene rings is 2. The number of hydrogen-bond donors (Lipinski definition) is 3. The number of carbonyl (C=O) groups is 1. The van der Waals surface area contributed by atoms with E-state index in [9.17, 15) is 4.79 Å². The first-order valence-electron chi connectivity index (χ1n) is 10.3. The van der Waals surface area contributed by atoms with Crippen LogP contribution in [0.15, 0.2) is 41.4 Å². The highest BCUT2D eigenvalue weighted by molar-refractivity contribution is 14.0. The van der Waals surface area contributed by atoms with E-state index in [0.717, 1.165) is 24.1 Å². The Hall–Kier alpha value is -2.49. The number of rotatable bonds is 10. The average Bonchev–Trinajstić information content (AvgIpc) is 2.76. The van der Waals surface area contributed by atoms with E-state index < -0.39 is 0 Å². The van der Waals surface area contributed by atoms with E-state index in [1.165, 1.54) is 11.1 Å². The van der Waals surface area contributed by atoms with Crippen LogP contribution in [0.1, 0.15) is 37.5 Å². The number of nitrogens with zero attached hydrogens (tertiary/aromatic N) is 1. The SMILES string of the molecule is CCNC(=O)COc1ccc(CN=C(N)Nc2c(CC)cccc2CC)cc1OC.I. The number of methoxy groups -OCH3 is 1. The summed E-state index contributed by atoms with van der Waals surface area (Å²) in [5.41, 5.74) is 10.5. The van der Waals surface area contributed by atoms with E-state index in [-0.39, 0.29) is 36.5 Å². The Morgan fingerprint density at radius 2 is 1.74 bits per heavy atom. The highest BCUT2D eigenvalue weighted by atomic mass is 127. The van der Waals surface area contributed by atoms with Crippen molar-refractivity contribution in [1.29, 1.82) is 0 Å². The van der Waals surface area contributed by atoms with Crippen LogP contribution < -0.4 is 25.8 Å². The molecule has 8 heteroatoms. The number of carbonyl (C=O) groups excluding carboxylic acids is 1. The summed E-state index contributed by atoms with van der Waals surface area (Å²) in [4.78, 5) is 16.1. The standard InChI is InChI=1S/C23H32N4O3.HI/c1-5-17-9-8-10-18(6-2)22(17)27-23(24)26-14-16-11-12-19(20(13-16)29-4)30-15-21(28)25-7-3;/h8-13H,5-7,14-15H2,1-4H3,(H,25,28)(H3,24,26,27);1H. The Morgan fingerprint density at radius 3 is 2.32 bits per heavy atom. The summed E-state index contributed by atoms with van der Waals surface area (Å²) in [6, 6.07) is 11.7. The lowest BCUT2D eigenvalue weighted by Gasteiger charge is -2.15. The predicted molar refractivity (Wildman–Crippen MR) is 137 cm³/mol. The number of guanidine groups is 1. The van der Waals surface area contributed by atoms with Gasteiger partial charge < -0.3 is 25.8 Å². The summed E-state index contributed by atoms with van der Waals surface area (Å²) in [6.07, 6.45) is 1.83. The van der Waals surface area contributed by atoms with Gasteiger partial charge in [-0.3, -0.25) is 4.79 Å². The zero-order valence-corrected chi connectivity index (χ0v) is 21.0. The maximum atomic E-state index is 11.6. The highest BCUT2D eigenvalue weighted by Gasteiger charge is 2.09. The van der Waals surface area contributed by atoms with E-state index in [4.69, 9.17) is 15.2 Å². The second kappa shape index (κ2) is 13.7. The molecule has 0 spiro atoms. The number of amides is 1. The van der Waals surface area contributed by atoms with E-state index in [2.05, 4.69) is 47.7 Å². The number of para-hydroxylation sites is 1. The molecule has 0 heterocycles. The van der Waals surface area contributed by atoms with Gasteiger partial charge in [-0.2, -0.15) is 0 Å². The van der Waals surface area contributed by atoms with E-state index >= 15 is 0 Å². The largest absolute Gasteiger partial charge is 0.493 e. The predicted octanol–water partition coefficient (Wildman–Crippen LogP) is 3.88. The molecular formula is C23H33IN4O3. The monoisotopic (exact) mass is 540 g/mol. The molecule has 0 bridgehead atoms. The number of aryl methyl sites for hydroxylation is 2. The van der Waals surface area contributed by atoms with Crippen LogP contribution >= 0.6 is 24.0 Å². The molecule has 0 radical (unpaired) electrons. The van der Waals surface area contributed by atoms with E-state index in [0.29, 0.717) is 30.5 Å². The molecule has 170 valence electrons. The van der Waals surface area contributed by atoms with Gasteiger partial charge >= 0.3 is 0 Å². The van der Waals surface area contributed by atoms with Crippen LogP contribution in [-0.4, -0.2) is 32.1 Å². The lowest BCUT2D eigenvalue weighted by Crippen LogP contribution is -2.28. The second-order valence-electron chi connectivity index (χ2n) is 6.71. The third-order valence-electron chi connectivity index (χ3n) is 4.64. The first-order valence-corrected chi connectivity index (χ1v) is 10.3. The van der Waals surface area contributed by atoms with Gasteiger partial charge in [0.05, 0.1) is 13.7 Å². The number of anilines is 1. The molecule has 7 nitrogen and oxygen atoms in total. The van der Waals surface area contributed by atoms with Gasteiger partial charge in [0.15, 0.2) is 24.1 Å². The Labute approximate surface area is 201 Å². The molecule has 2 aromatic carbocycles. The van der Waals surface area contributed by atoms with Gasteiger partial charge in [-0.25, -0.2) is 4.99 Å². The number of likely N-dealkylation sites (N-methyl/N-ethyl adjacent to an activating group) is 1. The van der Waals surface area contributed by atoms with Gasteiger partial charge in [0.25, 0.3) is 5.91 Å². The van der Waals surface area contributed by atoms with Crippen molar-refractivity contribution >= 4 is 41.5 Å². The van der Waals surface area contributed by atoms with Crippen LogP contribution in [0.5, 0.6) is 11.5 Å².